The first-order valence-corrected chi connectivity index (χ1v) is 9.03. The Kier molecular flexibility index (Phi) is 5.73. The van der Waals surface area contributed by atoms with Crippen molar-refractivity contribution in [2.24, 2.45) is 0 Å². The highest BCUT2D eigenvalue weighted by Crippen LogP contribution is 2.32. The van der Waals surface area contributed by atoms with E-state index in [9.17, 15) is 23.2 Å². The van der Waals surface area contributed by atoms with E-state index in [1.54, 1.807) is 18.2 Å². The number of urea groups is 1. The van der Waals surface area contributed by atoms with Gasteiger partial charge in [0.15, 0.2) is 5.78 Å². The molecule has 0 aromatic heterocycles. The summed E-state index contributed by atoms with van der Waals surface area (Å²) in [6.07, 6.45) is 0. The third-order valence-electron chi connectivity index (χ3n) is 4.95. The monoisotopic (exact) mass is 418 g/mol. The van der Waals surface area contributed by atoms with Gasteiger partial charge in [-0.1, -0.05) is 12.1 Å². The molecule has 30 heavy (non-hydrogen) atoms. The largest absolute Gasteiger partial charge is 0.496 e. The number of ether oxygens (including phenoxy) is 2. The van der Waals surface area contributed by atoms with Gasteiger partial charge in [0, 0.05) is 11.1 Å². The van der Waals surface area contributed by atoms with Gasteiger partial charge in [0.2, 0.25) is 0 Å². The first-order valence-electron chi connectivity index (χ1n) is 9.03. The van der Waals surface area contributed by atoms with Crippen LogP contribution in [-0.2, 0) is 16.9 Å². The fourth-order valence-electron chi connectivity index (χ4n) is 3.30. The normalized spacial score (nSPS) is 18.5. The number of amides is 3. The van der Waals surface area contributed by atoms with Gasteiger partial charge < -0.3 is 14.8 Å². The summed E-state index contributed by atoms with van der Waals surface area (Å²) in [6, 6.07) is 9.64. The molecule has 0 unspecified atom stereocenters. The van der Waals surface area contributed by atoms with E-state index < -0.39 is 24.1 Å². The Morgan fingerprint density at radius 3 is 2.40 bits per heavy atom. The molecule has 2 aromatic rings. The Balaban J connectivity index is 1.88. The maximum Gasteiger partial charge on any atom is 0.387 e. The van der Waals surface area contributed by atoms with Crippen LogP contribution >= 0.6 is 0 Å². The van der Waals surface area contributed by atoms with Crippen molar-refractivity contribution in [2.75, 3.05) is 7.11 Å². The Hall–Kier alpha value is -3.49. The standard InChI is InChI=1S/C21H20F2N2O5/c1-12(26)13-4-9-17(29-3)14(10-13)11-25-18(27)21(2,24-20(25)28)15-5-7-16(8-6-15)30-19(22)23/h4-10,19H,11H2,1-3H3,(H,24,28)/t21-/m1/s1. The second-order valence-corrected chi connectivity index (χ2v) is 6.93. The highest BCUT2D eigenvalue weighted by atomic mass is 19.3. The molecular weight excluding hydrogens is 398 g/mol. The number of alkyl halides is 2. The number of methoxy groups -OCH3 is 1. The van der Waals surface area contributed by atoms with Crippen LogP contribution in [0.25, 0.3) is 0 Å². The molecule has 0 spiro atoms. The van der Waals surface area contributed by atoms with Gasteiger partial charge in [-0.2, -0.15) is 8.78 Å². The predicted octanol–water partition coefficient (Wildman–Crippen LogP) is 3.47. The second-order valence-electron chi connectivity index (χ2n) is 6.93. The topological polar surface area (TPSA) is 84.9 Å². The van der Waals surface area contributed by atoms with Gasteiger partial charge in [-0.05, 0) is 49.7 Å². The van der Waals surface area contributed by atoms with E-state index in [1.807, 2.05) is 0 Å². The minimum absolute atomic E-state index is 0.0586. The Labute approximate surface area is 171 Å². The van der Waals surface area contributed by atoms with Gasteiger partial charge in [0.05, 0.1) is 13.7 Å². The first-order chi connectivity index (χ1) is 14.2. The summed E-state index contributed by atoms with van der Waals surface area (Å²) in [5, 5.41) is 2.64. The van der Waals surface area contributed by atoms with Crippen molar-refractivity contribution in [3.05, 3.63) is 59.2 Å². The number of carbonyl (C=O) groups is 3. The molecule has 0 bridgehead atoms. The zero-order valence-electron chi connectivity index (χ0n) is 16.6. The summed E-state index contributed by atoms with van der Waals surface area (Å²) in [5.41, 5.74) is -0.0467. The highest BCUT2D eigenvalue weighted by Gasteiger charge is 2.49. The molecule has 2 aromatic carbocycles. The van der Waals surface area contributed by atoms with Crippen LogP contribution in [-0.4, -0.2) is 36.3 Å². The van der Waals surface area contributed by atoms with Crippen LogP contribution in [0.4, 0.5) is 13.6 Å². The van der Waals surface area contributed by atoms with E-state index in [-0.39, 0.29) is 18.1 Å². The summed E-state index contributed by atoms with van der Waals surface area (Å²) < 4.78 is 34.3. The lowest BCUT2D eigenvalue weighted by atomic mass is 9.92. The summed E-state index contributed by atoms with van der Waals surface area (Å²) in [7, 11) is 1.45. The zero-order valence-corrected chi connectivity index (χ0v) is 16.6. The lowest BCUT2D eigenvalue weighted by molar-refractivity contribution is -0.131. The first kappa shape index (κ1) is 21.2. The lowest BCUT2D eigenvalue weighted by Crippen LogP contribution is -2.40. The van der Waals surface area contributed by atoms with Crippen molar-refractivity contribution in [2.45, 2.75) is 32.5 Å². The fourth-order valence-corrected chi connectivity index (χ4v) is 3.30. The maximum absolute atomic E-state index is 13.1. The van der Waals surface area contributed by atoms with Crippen LogP contribution < -0.4 is 14.8 Å². The zero-order chi connectivity index (χ0) is 22.1. The van der Waals surface area contributed by atoms with Crippen LogP contribution in [0.3, 0.4) is 0 Å². The van der Waals surface area contributed by atoms with E-state index in [0.29, 0.717) is 22.4 Å². The van der Waals surface area contributed by atoms with Crippen LogP contribution in [0.2, 0.25) is 0 Å². The third kappa shape index (κ3) is 3.96. The predicted molar refractivity (Wildman–Crippen MR) is 103 cm³/mol. The number of imide groups is 1. The Morgan fingerprint density at radius 2 is 1.83 bits per heavy atom. The molecule has 1 fully saturated rings. The quantitative estimate of drug-likeness (QED) is 0.550. The molecule has 1 saturated heterocycles. The van der Waals surface area contributed by atoms with Gasteiger partial charge in [-0.15, -0.1) is 0 Å². The minimum atomic E-state index is -2.96. The van der Waals surface area contributed by atoms with Crippen LogP contribution in [0.5, 0.6) is 11.5 Å². The number of nitrogens with one attached hydrogen (secondary N) is 1. The Bertz CT molecular complexity index is 993. The number of carbonyl (C=O) groups excluding carboxylic acids is 3. The van der Waals surface area contributed by atoms with E-state index in [1.165, 1.54) is 45.2 Å². The molecule has 1 N–H and O–H groups in total. The number of nitrogens with zero attached hydrogens (tertiary/aromatic N) is 1. The molecule has 7 nitrogen and oxygen atoms in total. The lowest BCUT2D eigenvalue weighted by Gasteiger charge is -2.23. The van der Waals surface area contributed by atoms with Gasteiger partial charge >= 0.3 is 12.6 Å². The number of Topliss-reactive ketones (excluding diaryl/α,β-unsaturated/α-hetero) is 1. The molecule has 158 valence electrons. The SMILES string of the molecule is COc1ccc(C(C)=O)cc1CN1C(=O)N[C@](C)(c2ccc(OC(F)F)cc2)C1=O. The van der Waals surface area contributed by atoms with Crippen molar-refractivity contribution in [1.29, 1.82) is 0 Å². The molecule has 0 aliphatic carbocycles. The number of benzene rings is 2. The summed E-state index contributed by atoms with van der Waals surface area (Å²) in [6.45, 7) is -0.121. The molecule has 3 rings (SSSR count). The molecule has 1 aliphatic rings. The molecule has 1 heterocycles. The van der Waals surface area contributed by atoms with Crippen molar-refractivity contribution >= 4 is 17.7 Å². The average molecular weight is 418 g/mol. The molecule has 3 amide bonds. The van der Waals surface area contributed by atoms with Crippen LogP contribution in [0.1, 0.15) is 35.3 Å². The molecule has 1 atom stereocenters. The van der Waals surface area contributed by atoms with Crippen LogP contribution in [0.15, 0.2) is 42.5 Å². The van der Waals surface area contributed by atoms with Gasteiger partial charge in [-0.3, -0.25) is 14.5 Å². The number of rotatable bonds is 7. The molecule has 1 aliphatic heterocycles. The molecular formula is C21H20F2N2O5. The maximum atomic E-state index is 13.1. The summed E-state index contributed by atoms with van der Waals surface area (Å²) in [4.78, 5) is 38.4. The van der Waals surface area contributed by atoms with Crippen molar-refractivity contribution in [3.63, 3.8) is 0 Å². The highest BCUT2D eigenvalue weighted by molar-refractivity contribution is 6.07. The number of hydrogen-bond donors (Lipinski definition) is 1. The van der Waals surface area contributed by atoms with Crippen LogP contribution in [0, 0.1) is 0 Å². The number of hydrogen-bond acceptors (Lipinski definition) is 5. The van der Waals surface area contributed by atoms with E-state index >= 15 is 0 Å². The average Bonchev–Trinajstić information content (AvgIpc) is 2.92. The van der Waals surface area contributed by atoms with Gasteiger partial charge in [-0.25, -0.2) is 4.79 Å². The second kappa shape index (κ2) is 8.10. The van der Waals surface area contributed by atoms with Gasteiger partial charge in [0.1, 0.15) is 17.0 Å². The smallest absolute Gasteiger partial charge is 0.387 e. The molecule has 0 saturated carbocycles. The Morgan fingerprint density at radius 1 is 1.17 bits per heavy atom. The third-order valence-corrected chi connectivity index (χ3v) is 4.95. The number of ketones is 1. The van der Waals surface area contributed by atoms with Gasteiger partial charge in [0.25, 0.3) is 5.91 Å². The van der Waals surface area contributed by atoms with E-state index in [0.717, 1.165) is 4.90 Å². The molecule has 0 radical (unpaired) electrons. The minimum Gasteiger partial charge on any atom is -0.496 e. The van der Waals surface area contributed by atoms with Crippen molar-refractivity contribution < 1.29 is 32.6 Å². The summed E-state index contributed by atoms with van der Waals surface area (Å²) >= 11 is 0. The number of halogens is 2. The van der Waals surface area contributed by atoms with Crippen molar-refractivity contribution in [3.8, 4) is 11.5 Å². The fraction of sp³-hybridized carbons (Fsp3) is 0.286. The van der Waals surface area contributed by atoms with Crippen molar-refractivity contribution in [1.82, 2.24) is 10.2 Å². The molecule has 9 heteroatoms. The van der Waals surface area contributed by atoms with E-state index in [4.69, 9.17) is 4.74 Å². The summed E-state index contributed by atoms with van der Waals surface area (Å²) in [5.74, 6) is -0.308. The van der Waals surface area contributed by atoms with E-state index in [2.05, 4.69) is 10.1 Å².